The van der Waals surface area contributed by atoms with Gasteiger partial charge in [-0.15, -0.1) is 0 Å². The van der Waals surface area contributed by atoms with E-state index in [0.29, 0.717) is 75.4 Å². The molecule has 0 saturated carbocycles. The zero-order chi connectivity index (χ0) is 35.0. The first-order chi connectivity index (χ1) is 24.0. The molecule has 3 amide bonds. The van der Waals surface area contributed by atoms with Crippen LogP contribution in [0.15, 0.2) is 66.9 Å². The fraction of sp³-hybridized carbons (Fsp3) is 0.421. The van der Waals surface area contributed by atoms with Crippen molar-refractivity contribution in [3.05, 3.63) is 78.0 Å². The standard InChI is InChI=1S/C38H41F3N6O3/c1-25(48)44-13-8-26(9-14-44)36(49)46-15-10-32(11-16-46)45-17-19-47(20-18-45)37(50)30-23-34(27-3-2-4-31(22-27)38(39,40)41)43-35(24-30)28-5-6-33-29(21-28)7-12-42-33/h2-7,12,21-24,26,32,42H,8-11,13-20H2,1H3. The third-order valence-electron chi connectivity index (χ3n) is 10.6. The van der Waals surface area contributed by atoms with Crippen molar-refractivity contribution in [3.63, 3.8) is 0 Å². The van der Waals surface area contributed by atoms with Crippen molar-refractivity contribution in [2.24, 2.45) is 5.92 Å². The van der Waals surface area contributed by atoms with Crippen molar-refractivity contribution in [3.8, 4) is 22.5 Å². The van der Waals surface area contributed by atoms with Crippen molar-refractivity contribution in [2.75, 3.05) is 52.4 Å². The van der Waals surface area contributed by atoms with Crippen LogP contribution in [0.5, 0.6) is 0 Å². The number of nitrogens with zero attached hydrogens (tertiary/aromatic N) is 5. The van der Waals surface area contributed by atoms with E-state index in [1.807, 2.05) is 45.2 Å². The average Bonchev–Trinajstić information content (AvgIpc) is 3.62. The van der Waals surface area contributed by atoms with Gasteiger partial charge < -0.3 is 19.7 Å². The van der Waals surface area contributed by atoms with Gasteiger partial charge in [0.25, 0.3) is 5.91 Å². The lowest BCUT2D eigenvalue weighted by Gasteiger charge is -2.43. The van der Waals surface area contributed by atoms with Gasteiger partial charge in [0.15, 0.2) is 0 Å². The highest BCUT2D eigenvalue weighted by molar-refractivity contribution is 5.97. The first-order valence-corrected chi connectivity index (χ1v) is 17.4. The molecule has 0 spiro atoms. The number of amides is 3. The molecule has 12 heteroatoms. The van der Waals surface area contributed by atoms with Gasteiger partial charge >= 0.3 is 6.18 Å². The number of likely N-dealkylation sites (tertiary alicyclic amines) is 2. The normalized spacial score (nSPS) is 18.5. The number of H-pyrrole nitrogens is 1. The van der Waals surface area contributed by atoms with E-state index in [2.05, 4.69) is 9.88 Å². The van der Waals surface area contributed by atoms with Gasteiger partial charge in [-0.25, -0.2) is 4.98 Å². The highest BCUT2D eigenvalue weighted by Crippen LogP contribution is 2.34. The van der Waals surface area contributed by atoms with Crippen LogP contribution < -0.4 is 0 Å². The molecule has 0 aliphatic carbocycles. The minimum Gasteiger partial charge on any atom is -0.361 e. The maximum Gasteiger partial charge on any atom is 0.416 e. The molecule has 5 heterocycles. The number of halogens is 3. The van der Waals surface area contributed by atoms with Crippen LogP contribution in [-0.2, 0) is 15.8 Å². The second kappa shape index (κ2) is 13.9. The third kappa shape index (κ3) is 7.12. The van der Waals surface area contributed by atoms with Crippen molar-refractivity contribution in [2.45, 2.75) is 44.8 Å². The molecule has 3 fully saturated rings. The molecule has 0 bridgehead atoms. The lowest BCUT2D eigenvalue weighted by atomic mass is 9.93. The van der Waals surface area contributed by atoms with E-state index in [0.717, 1.165) is 54.3 Å². The smallest absolute Gasteiger partial charge is 0.361 e. The van der Waals surface area contributed by atoms with Crippen LogP contribution >= 0.6 is 0 Å². The Morgan fingerprint density at radius 3 is 2.06 bits per heavy atom. The summed E-state index contributed by atoms with van der Waals surface area (Å²) in [7, 11) is 0. The molecule has 0 unspecified atom stereocenters. The summed E-state index contributed by atoms with van der Waals surface area (Å²) in [4.78, 5) is 54.8. The van der Waals surface area contributed by atoms with E-state index >= 15 is 0 Å². The number of aromatic nitrogens is 2. The van der Waals surface area contributed by atoms with E-state index in [4.69, 9.17) is 4.98 Å². The molecule has 262 valence electrons. The van der Waals surface area contributed by atoms with Gasteiger partial charge in [-0.1, -0.05) is 18.2 Å². The summed E-state index contributed by atoms with van der Waals surface area (Å²) >= 11 is 0. The fourth-order valence-electron chi connectivity index (χ4n) is 7.64. The summed E-state index contributed by atoms with van der Waals surface area (Å²) in [6.07, 6.45) is 0.526. The van der Waals surface area contributed by atoms with Gasteiger partial charge in [0.2, 0.25) is 11.8 Å². The number of carbonyl (C=O) groups is 3. The van der Waals surface area contributed by atoms with Gasteiger partial charge in [-0.3, -0.25) is 19.3 Å². The molecule has 0 atom stereocenters. The lowest BCUT2D eigenvalue weighted by molar-refractivity contribution is -0.141. The molecule has 7 rings (SSSR count). The molecule has 2 aromatic carbocycles. The number of hydrogen-bond acceptors (Lipinski definition) is 5. The fourth-order valence-corrected chi connectivity index (χ4v) is 7.64. The number of aromatic amines is 1. The van der Waals surface area contributed by atoms with E-state index in [1.54, 1.807) is 25.1 Å². The predicted octanol–water partition coefficient (Wildman–Crippen LogP) is 5.92. The lowest BCUT2D eigenvalue weighted by Crippen LogP contribution is -2.55. The Bertz CT molecular complexity index is 1880. The van der Waals surface area contributed by atoms with Crippen molar-refractivity contribution >= 4 is 28.6 Å². The molecule has 3 saturated heterocycles. The second-order valence-electron chi connectivity index (χ2n) is 13.6. The molecule has 4 aromatic rings. The summed E-state index contributed by atoms with van der Waals surface area (Å²) in [5, 5.41) is 0.961. The molecular weight excluding hydrogens is 645 g/mol. The summed E-state index contributed by atoms with van der Waals surface area (Å²) < 4.78 is 40.8. The summed E-state index contributed by atoms with van der Waals surface area (Å²) in [6.45, 7) is 6.74. The quantitative estimate of drug-likeness (QED) is 0.282. The summed E-state index contributed by atoms with van der Waals surface area (Å²) in [5.74, 6) is 0.0717. The minimum absolute atomic E-state index is 0.0175. The maximum atomic E-state index is 14.0. The second-order valence-corrected chi connectivity index (χ2v) is 13.6. The molecule has 50 heavy (non-hydrogen) atoms. The van der Waals surface area contributed by atoms with Gasteiger partial charge in [0.1, 0.15) is 0 Å². The number of carbonyl (C=O) groups excluding carboxylic acids is 3. The molecule has 0 radical (unpaired) electrons. The van der Waals surface area contributed by atoms with Crippen LogP contribution in [0.1, 0.15) is 48.5 Å². The van der Waals surface area contributed by atoms with Crippen LogP contribution in [-0.4, -0.2) is 106 Å². The Kier molecular flexibility index (Phi) is 9.38. The zero-order valence-corrected chi connectivity index (χ0v) is 28.1. The topological polar surface area (TPSA) is 92.9 Å². The Labute approximate surface area is 289 Å². The number of nitrogens with one attached hydrogen (secondary N) is 1. The third-order valence-corrected chi connectivity index (χ3v) is 10.6. The number of piperidine rings is 2. The predicted molar refractivity (Wildman–Crippen MR) is 184 cm³/mol. The van der Waals surface area contributed by atoms with E-state index in [1.165, 1.54) is 6.07 Å². The van der Waals surface area contributed by atoms with Gasteiger partial charge in [0, 0.05) is 105 Å². The number of benzene rings is 2. The van der Waals surface area contributed by atoms with Crippen molar-refractivity contribution < 1.29 is 27.6 Å². The van der Waals surface area contributed by atoms with Crippen LogP contribution in [0.2, 0.25) is 0 Å². The summed E-state index contributed by atoms with van der Waals surface area (Å²) in [6, 6.07) is 16.4. The van der Waals surface area contributed by atoms with Gasteiger partial charge in [0.05, 0.1) is 17.0 Å². The number of piperazine rings is 1. The first-order valence-electron chi connectivity index (χ1n) is 17.4. The number of fused-ring (bicyclic) bond motifs is 1. The van der Waals surface area contributed by atoms with Gasteiger partial charge in [-0.05, 0) is 68.1 Å². The SMILES string of the molecule is CC(=O)N1CCC(C(=O)N2CCC(N3CCN(C(=O)c4cc(-c5cccc(C(F)(F)F)c5)nc(-c5ccc6[nH]ccc6c5)c4)CC3)CC2)CC1. The summed E-state index contributed by atoms with van der Waals surface area (Å²) in [5.41, 5.74) is 2.41. The zero-order valence-electron chi connectivity index (χ0n) is 28.1. The van der Waals surface area contributed by atoms with Gasteiger partial charge in [-0.2, -0.15) is 13.2 Å². The Morgan fingerprint density at radius 1 is 0.740 bits per heavy atom. The highest BCUT2D eigenvalue weighted by Gasteiger charge is 2.35. The van der Waals surface area contributed by atoms with E-state index in [9.17, 15) is 27.6 Å². The Balaban J connectivity index is 1.03. The van der Waals surface area contributed by atoms with Crippen LogP contribution in [0.3, 0.4) is 0 Å². The molecule has 1 N–H and O–H groups in total. The molecule has 2 aromatic heterocycles. The van der Waals surface area contributed by atoms with Crippen molar-refractivity contribution in [1.29, 1.82) is 0 Å². The van der Waals surface area contributed by atoms with Crippen LogP contribution in [0.25, 0.3) is 33.4 Å². The number of hydrogen-bond donors (Lipinski definition) is 1. The number of rotatable bonds is 5. The maximum absolute atomic E-state index is 14.0. The Hall–Kier alpha value is -4.71. The molecule has 3 aliphatic heterocycles. The molecule has 9 nitrogen and oxygen atoms in total. The molecular formula is C38H41F3N6O3. The average molecular weight is 687 g/mol. The largest absolute Gasteiger partial charge is 0.416 e. The minimum atomic E-state index is -4.51. The first kappa shape index (κ1) is 33.8. The Morgan fingerprint density at radius 2 is 1.40 bits per heavy atom. The van der Waals surface area contributed by atoms with Crippen LogP contribution in [0.4, 0.5) is 13.2 Å². The van der Waals surface area contributed by atoms with E-state index < -0.39 is 11.7 Å². The molecule has 3 aliphatic rings. The number of alkyl halides is 3. The van der Waals surface area contributed by atoms with Crippen molar-refractivity contribution in [1.82, 2.24) is 29.6 Å². The van der Waals surface area contributed by atoms with Crippen LogP contribution in [0, 0.1) is 5.92 Å². The number of pyridine rings is 1. The monoisotopic (exact) mass is 686 g/mol. The van der Waals surface area contributed by atoms with E-state index in [-0.39, 0.29) is 29.2 Å². The highest BCUT2D eigenvalue weighted by atomic mass is 19.4.